The lowest BCUT2D eigenvalue weighted by atomic mass is 10.1. The molecular weight excluding hydrogens is 258 g/mol. The van der Waals surface area contributed by atoms with Gasteiger partial charge < -0.3 is 14.8 Å². The molecule has 0 saturated carbocycles. The number of nitrogens with one attached hydrogen (secondary N) is 1. The molecule has 0 fully saturated rings. The van der Waals surface area contributed by atoms with Gasteiger partial charge in [-0.15, -0.1) is 0 Å². The summed E-state index contributed by atoms with van der Waals surface area (Å²) >= 11 is 0. The Morgan fingerprint density at radius 3 is 2.25 bits per heavy atom. The Kier molecular flexibility index (Phi) is 6.18. The van der Waals surface area contributed by atoms with Crippen molar-refractivity contribution in [2.45, 2.75) is 27.7 Å². The lowest BCUT2D eigenvalue weighted by Crippen LogP contribution is -2.23. The van der Waals surface area contributed by atoms with Crippen LogP contribution < -0.4 is 5.32 Å². The third-order valence-electron chi connectivity index (χ3n) is 2.73. The van der Waals surface area contributed by atoms with Gasteiger partial charge in [-0.2, -0.15) is 0 Å². The number of carbonyl (C=O) groups is 2. The van der Waals surface area contributed by atoms with Crippen LogP contribution in [0.5, 0.6) is 0 Å². The molecule has 1 aromatic rings. The predicted molar refractivity (Wildman–Crippen MR) is 76.7 cm³/mol. The van der Waals surface area contributed by atoms with E-state index in [-0.39, 0.29) is 19.1 Å². The summed E-state index contributed by atoms with van der Waals surface area (Å²) in [6, 6.07) is 3.98. The fourth-order valence-electron chi connectivity index (χ4n) is 1.93. The number of benzene rings is 1. The van der Waals surface area contributed by atoms with Crippen LogP contribution >= 0.6 is 0 Å². The SMILES string of the molecule is CCOCC(=O)OCC(=O)Nc1c(C)cc(C)cc1C. The first-order chi connectivity index (χ1) is 9.43. The van der Waals surface area contributed by atoms with Gasteiger partial charge in [0.2, 0.25) is 0 Å². The number of hydrogen-bond acceptors (Lipinski definition) is 4. The maximum absolute atomic E-state index is 11.8. The van der Waals surface area contributed by atoms with Crippen LogP contribution in [0.4, 0.5) is 5.69 Å². The monoisotopic (exact) mass is 279 g/mol. The Balaban J connectivity index is 2.53. The van der Waals surface area contributed by atoms with Crippen molar-refractivity contribution < 1.29 is 19.1 Å². The zero-order chi connectivity index (χ0) is 15.1. The van der Waals surface area contributed by atoms with Gasteiger partial charge in [0.15, 0.2) is 6.61 Å². The maximum atomic E-state index is 11.8. The van der Waals surface area contributed by atoms with Crippen LogP contribution in [0.3, 0.4) is 0 Å². The highest BCUT2D eigenvalue weighted by atomic mass is 16.6. The lowest BCUT2D eigenvalue weighted by Gasteiger charge is -2.13. The lowest BCUT2D eigenvalue weighted by molar-refractivity contribution is -0.151. The number of carbonyl (C=O) groups excluding carboxylic acids is 2. The third-order valence-corrected chi connectivity index (χ3v) is 2.73. The van der Waals surface area contributed by atoms with Crippen LogP contribution in [0.2, 0.25) is 0 Å². The first kappa shape index (κ1) is 16.2. The second kappa shape index (κ2) is 7.65. The van der Waals surface area contributed by atoms with Crippen molar-refractivity contribution in [3.05, 3.63) is 28.8 Å². The average Bonchev–Trinajstić information content (AvgIpc) is 2.38. The normalized spacial score (nSPS) is 10.2. The summed E-state index contributed by atoms with van der Waals surface area (Å²) < 4.78 is 9.70. The van der Waals surface area contributed by atoms with Gasteiger partial charge >= 0.3 is 5.97 Å². The minimum absolute atomic E-state index is 0.133. The highest BCUT2D eigenvalue weighted by molar-refractivity contribution is 5.94. The van der Waals surface area contributed by atoms with E-state index in [9.17, 15) is 9.59 Å². The Morgan fingerprint density at radius 2 is 1.70 bits per heavy atom. The van der Waals surface area contributed by atoms with Gasteiger partial charge in [-0.3, -0.25) is 4.79 Å². The Hall–Kier alpha value is -1.88. The van der Waals surface area contributed by atoms with Crippen LogP contribution in [0.1, 0.15) is 23.6 Å². The number of anilines is 1. The molecule has 5 nitrogen and oxygen atoms in total. The van der Waals surface area contributed by atoms with Gasteiger partial charge in [0.25, 0.3) is 5.91 Å². The van der Waals surface area contributed by atoms with E-state index in [0.717, 1.165) is 22.4 Å². The summed E-state index contributed by atoms with van der Waals surface area (Å²) in [5.74, 6) is -0.899. The Bertz CT molecular complexity index is 474. The quantitative estimate of drug-likeness (QED) is 0.810. The molecule has 0 spiro atoms. The molecule has 1 aromatic carbocycles. The number of ether oxygens (including phenoxy) is 2. The van der Waals surface area contributed by atoms with Crippen molar-refractivity contribution in [1.29, 1.82) is 0 Å². The first-order valence-corrected chi connectivity index (χ1v) is 6.55. The van der Waals surface area contributed by atoms with Crippen LogP contribution in [-0.2, 0) is 19.1 Å². The van der Waals surface area contributed by atoms with Crippen molar-refractivity contribution in [3.8, 4) is 0 Å². The summed E-state index contributed by atoms with van der Waals surface area (Å²) in [5.41, 5.74) is 3.87. The van der Waals surface area contributed by atoms with Gasteiger partial charge in [0, 0.05) is 12.3 Å². The Morgan fingerprint density at radius 1 is 1.10 bits per heavy atom. The topological polar surface area (TPSA) is 64.6 Å². The minimum Gasteiger partial charge on any atom is -0.454 e. The van der Waals surface area contributed by atoms with Gasteiger partial charge in [0.1, 0.15) is 6.61 Å². The number of esters is 1. The van der Waals surface area contributed by atoms with Crippen molar-refractivity contribution in [3.63, 3.8) is 0 Å². The predicted octanol–water partition coefficient (Wildman–Crippen LogP) is 2.13. The molecule has 0 aliphatic carbocycles. The summed E-state index contributed by atoms with van der Waals surface area (Å²) in [6.45, 7) is 7.63. The Labute approximate surface area is 119 Å². The van der Waals surface area contributed by atoms with E-state index in [4.69, 9.17) is 9.47 Å². The van der Waals surface area contributed by atoms with Crippen molar-refractivity contribution in [2.24, 2.45) is 0 Å². The molecule has 0 bridgehead atoms. The molecule has 0 aromatic heterocycles. The molecule has 1 amide bonds. The highest BCUT2D eigenvalue weighted by Crippen LogP contribution is 2.21. The number of aryl methyl sites for hydroxylation is 3. The average molecular weight is 279 g/mol. The fourth-order valence-corrected chi connectivity index (χ4v) is 1.93. The van der Waals surface area contributed by atoms with Crippen LogP contribution in [0, 0.1) is 20.8 Å². The number of rotatable bonds is 6. The van der Waals surface area contributed by atoms with E-state index >= 15 is 0 Å². The van der Waals surface area contributed by atoms with Gasteiger partial charge in [-0.1, -0.05) is 17.7 Å². The second-order valence-corrected chi connectivity index (χ2v) is 4.62. The molecule has 0 saturated heterocycles. The minimum atomic E-state index is -0.542. The number of amides is 1. The second-order valence-electron chi connectivity index (χ2n) is 4.62. The molecule has 0 heterocycles. The molecular formula is C15H21NO4. The van der Waals surface area contributed by atoms with E-state index in [1.807, 2.05) is 32.9 Å². The van der Waals surface area contributed by atoms with E-state index in [1.165, 1.54) is 0 Å². The fraction of sp³-hybridized carbons (Fsp3) is 0.467. The molecule has 0 radical (unpaired) electrons. The third kappa shape index (κ3) is 5.01. The largest absolute Gasteiger partial charge is 0.454 e. The maximum Gasteiger partial charge on any atom is 0.332 e. The van der Waals surface area contributed by atoms with E-state index < -0.39 is 5.97 Å². The molecule has 0 unspecified atom stereocenters. The van der Waals surface area contributed by atoms with Gasteiger partial charge in [0.05, 0.1) is 0 Å². The zero-order valence-electron chi connectivity index (χ0n) is 12.4. The van der Waals surface area contributed by atoms with Crippen LogP contribution in [-0.4, -0.2) is 31.7 Å². The van der Waals surface area contributed by atoms with Crippen molar-refractivity contribution >= 4 is 17.6 Å². The van der Waals surface area contributed by atoms with E-state index in [2.05, 4.69) is 5.32 Å². The van der Waals surface area contributed by atoms with Crippen molar-refractivity contribution in [2.75, 3.05) is 25.1 Å². The first-order valence-electron chi connectivity index (χ1n) is 6.55. The summed E-state index contributed by atoms with van der Waals surface area (Å²) in [6.07, 6.45) is 0. The molecule has 0 aliphatic heterocycles. The van der Waals surface area contributed by atoms with Gasteiger partial charge in [-0.25, -0.2) is 4.79 Å². The summed E-state index contributed by atoms with van der Waals surface area (Å²) in [4.78, 5) is 23.0. The molecule has 0 aliphatic rings. The number of hydrogen-bond donors (Lipinski definition) is 1. The van der Waals surface area contributed by atoms with Crippen LogP contribution in [0.15, 0.2) is 12.1 Å². The van der Waals surface area contributed by atoms with E-state index in [1.54, 1.807) is 6.92 Å². The molecule has 1 rings (SSSR count). The molecule has 20 heavy (non-hydrogen) atoms. The highest BCUT2D eigenvalue weighted by Gasteiger charge is 2.10. The molecule has 0 atom stereocenters. The van der Waals surface area contributed by atoms with Crippen LogP contribution in [0.25, 0.3) is 0 Å². The smallest absolute Gasteiger partial charge is 0.332 e. The molecule has 1 N–H and O–H groups in total. The van der Waals surface area contributed by atoms with Crippen molar-refractivity contribution in [1.82, 2.24) is 0 Å². The molecule has 110 valence electrons. The summed E-state index contributed by atoms with van der Waals surface area (Å²) in [7, 11) is 0. The summed E-state index contributed by atoms with van der Waals surface area (Å²) in [5, 5.41) is 2.76. The zero-order valence-corrected chi connectivity index (χ0v) is 12.4. The standard InChI is InChI=1S/C15H21NO4/c1-5-19-9-14(18)20-8-13(17)16-15-11(3)6-10(2)7-12(15)4/h6-7H,5,8-9H2,1-4H3,(H,16,17). The van der Waals surface area contributed by atoms with E-state index in [0.29, 0.717) is 6.61 Å². The molecule has 5 heteroatoms. The van der Waals surface area contributed by atoms with Gasteiger partial charge in [-0.05, 0) is 38.8 Å².